The fraction of sp³-hybridized carbons (Fsp3) is 0.562. The second-order valence-corrected chi connectivity index (χ2v) is 6.20. The van der Waals surface area contributed by atoms with E-state index in [2.05, 4.69) is 41.4 Å². The van der Waals surface area contributed by atoms with Crippen molar-refractivity contribution >= 4 is 11.6 Å². The Balaban J connectivity index is 2.74. The first kappa shape index (κ1) is 16.5. The maximum absolute atomic E-state index is 12.1. The van der Waals surface area contributed by atoms with Crippen molar-refractivity contribution in [3.63, 3.8) is 0 Å². The van der Waals surface area contributed by atoms with Gasteiger partial charge < -0.3 is 16.0 Å². The van der Waals surface area contributed by atoms with E-state index in [0.29, 0.717) is 13.1 Å². The molecule has 0 saturated carbocycles. The number of hydrogen-bond acceptors (Lipinski definition) is 3. The lowest BCUT2D eigenvalue weighted by Crippen LogP contribution is -2.46. The zero-order valence-electron chi connectivity index (χ0n) is 13.1. The number of amides is 1. The molecule has 3 N–H and O–H groups in total. The van der Waals surface area contributed by atoms with Crippen molar-refractivity contribution in [2.45, 2.75) is 39.7 Å². The van der Waals surface area contributed by atoms with Gasteiger partial charge in [-0.1, -0.05) is 17.7 Å². The number of nitrogens with zero attached hydrogens (tertiary/aromatic N) is 1. The Hall–Kier alpha value is -1.55. The summed E-state index contributed by atoms with van der Waals surface area (Å²) in [6, 6.07) is 8.23. The number of benzene rings is 1. The van der Waals surface area contributed by atoms with Gasteiger partial charge in [-0.15, -0.1) is 0 Å². The molecule has 1 rings (SSSR count). The Labute approximate surface area is 122 Å². The lowest BCUT2D eigenvalue weighted by atomic mass is 10.1. The first-order valence-corrected chi connectivity index (χ1v) is 7.14. The van der Waals surface area contributed by atoms with Crippen LogP contribution in [0.1, 0.15) is 32.8 Å². The van der Waals surface area contributed by atoms with Gasteiger partial charge in [0.15, 0.2) is 0 Å². The molecule has 4 nitrogen and oxygen atoms in total. The summed E-state index contributed by atoms with van der Waals surface area (Å²) >= 11 is 0. The summed E-state index contributed by atoms with van der Waals surface area (Å²) in [6.45, 7) is 9.80. The van der Waals surface area contributed by atoms with Gasteiger partial charge in [0.25, 0.3) is 0 Å². The van der Waals surface area contributed by atoms with Crippen LogP contribution < -0.4 is 16.0 Å². The molecule has 4 heteroatoms. The second kappa shape index (κ2) is 7.29. The van der Waals surface area contributed by atoms with E-state index in [1.54, 1.807) is 0 Å². The minimum absolute atomic E-state index is 0.0371. The highest BCUT2D eigenvalue weighted by molar-refractivity contribution is 5.82. The Morgan fingerprint density at radius 3 is 2.35 bits per heavy atom. The topological polar surface area (TPSA) is 58.4 Å². The van der Waals surface area contributed by atoms with Crippen LogP contribution in [-0.4, -0.2) is 31.1 Å². The Morgan fingerprint density at radius 2 is 1.85 bits per heavy atom. The van der Waals surface area contributed by atoms with Gasteiger partial charge in [-0.25, -0.2) is 0 Å². The largest absolute Gasteiger partial charge is 0.362 e. The highest BCUT2D eigenvalue weighted by atomic mass is 16.2. The molecule has 1 aromatic carbocycles. The molecule has 0 spiro atoms. The van der Waals surface area contributed by atoms with Crippen molar-refractivity contribution in [1.82, 2.24) is 5.32 Å². The number of anilines is 1. The zero-order chi connectivity index (χ0) is 15.2. The molecule has 0 aliphatic carbocycles. The maximum atomic E-state index is 12.1. The zero-order valence-corrected chi connectivity index (χ0v) is 13.1. The molecule has 0 bridgehead atoms. The summed E-state index contributed by atoms with van der Waals surface area (Å²) in [5.41, 5.74) is 7.66. The van der Waals surface area contributed by atoms with E-state index >= 15 is 0 Å². The van der Waals surface area contributed by atoms with Crippen LogP contribution in [0.25, 0.3) is 0 Å². The Morgan fingerprint density at radius 1 is 1.25 bits per heavy atom. The van der Waals surface area contributed by atoms with Crippen molar-refractivity contribution < 1.29 is 4.79 Å². The monoisotopic (exact) mass is 277 g/mol. The number of nitrogens with two attached hydrogens (primary N) is 1. The van der Waals surface area contributed by atoms with Crippen LogP contribution in [0.2, 0.25) is 0 Å². The highest BCUT2D eigenvalue weighted by Crippen LogP contribution is 2.15. The van der Waals surface area contributed by atoms with Gasteiger partial charge in [0.2, 0.25) is 5.91 Å². The molecule has 0 aliphatic rings. The number of nitrogens with one attached hydrogen (secondary N) is 1. The minimum atomic E-state index is -0.204. The molecular formula is C16H27N3O. The van der Waals surface area contributed by atoms with Crippen molar-refractivity contribution in [3.8, 4) is 0 Å². The van der Waals surface area contributed by atoms with E-state index in [9.17, 15) is 4.79 Å². The fourth-order valence-corrected chi connectivity index (χ4v) is 1.97. The standard InChI is InChI=1S/C16H27N3O/c1-13-6-8-14(9-7-13)19(11-5-10-17)12-15(20)18-16(2,3)4/h6-9H,5,10-12,17H2,1-4H3,(H,18,20). The van der Waals surface area contributed by atoms with Crippen LogP contribution in [0.3, 0.4) is 0 Å². The van der Waals surface area contributed by atoms with Crippen molar-refractivity contribution in [1.29, 1.82) is 0 Å². The summed E-state index contributed by atoms with van der Waals surface area (Å²) in [6.07, 6.45) is 0.872. The quantitative estimate of drug-likeness (QED) is 0.837. The van der Waals surface area contributed by atoms with Gasteiger partial charge in [-0.05, 0) is 52.8 Å². The predicted molar refractivity (Wildman–Crippen MR) is 85.0 cm³/mol. The number of aryl methyl sites for hydroxylation is 1. The molecule has 0 unspecified atom stereocenters. The Kier molecular flexibility index (Phi) is 6.02. The number of hydrogen-bond donors (Lipinski definition) is 2. The van der Waals surface area contributed by atoms with Crippen LogP contribution in [0, 0.1) is 6.92 Å². The van der Waals surface area contributed by atoms with E-state index in [-0.39, 0.29) is 11.4 Å². The van der Waals surface area contributed by atoms with Crippen LogP contribution >= 0.6 is 0 Å². The maximum Gasteiger partial charge on any atom is 0.239 e. The number of carbonyl (C=O) groups is 1. The third-order valence-corrected chi connectivity index (χ3v) is 2.88. The van der Waals surface area contributed by atoms with Crippen molar-refractivity contribution in [2.24, 2.45) is 5.73 Å². The molecule has 0 aliphatic heterocycles. The molecule has 1 aromatic rings. The summed E-state index contributed by atoms with van der Waals surface area (Å²) in [7, 11) is 0. The third-order valence-electron chi connectivity index (χ3n) is 2.88. The number of carbonyl (C=O) groups excluding carboxylic acids is 1. The SMILES string of the molecule is Cc1ccc(N(CCCN)CC(=O)NC(C)(C)C)cc1. The lowest BCUT2D eigenvalue weighted by Gasteiger charge is -2.27. The van der Waals surface area contributed by atoms with Crippen molar-refractivity contribution in [2.75, 3.05) is 24.5 Å². The van der Waals surface area contributed by atoms with Crippen LogP contribution in [0.5, 0.6) is 0 Å². The van der Waals surface area contributed by atoms with Crippen LogP contribution in [0.15, 0.2) is 24.3 Å². The molecule has 0 atom stereocenters. The average Bonchev–Trinajstić information content (AvgIpc) is 2.33. The lowest BCUT2D eigenvalue weighted by molar-refractivity contribution is -0.121. The Bertz CT molecular complexity index is 420. The highest BCUT2D eigenvalue weighted by Gasteiger charge is 2.16. The van der Waals surface area contributed by atoms with Gasteiger partial charge in [-0.2, -0.15) is 0 Å². The fourth-order valence-electron chi connectivity index (χ4n) is 1.97. The smallest absolute Gasteiger partial charge is 0.239 e. The van der Waals surface area contributed by atoms with Crippen LogP contribution in [-0.2, 0) is 4.79 Å². The van der Waals surface area contributed by atoms with E-state index in [0.717, 1.165) is 18.7 Å². The second-order valence-electron chi connectivity index (χ2n) is 6.20. The van der Waals surface area contributed by atoms with E-state index in [1.807, 2.05) is 20.8 Å². The molecule has 20 heavy (non-hydrogen) atoms. The van der Waals surface area contributed by atoms with Gasteiger partial charge in [-0.3, -0.25) is 4.79 Å². The van der Waals surface area contributed by atoms with Gasteiger partial charge in [0.05, 0.1) is 6.54 Å². The predicted octanol–water partition coefficient (Wildman–Crippen LogP) is 2.06. The molecule has 0 saturated heterocycles. The summed E-state index contributed by atoms with van der Waals surface area (Å²) in [5, 5.41) is 3.00. The van der Waals surface area contributed by atoms with Gasteiger partial charge >= 0.3 is 0 Å². The van der Waals surface area contributed by atoms with Crippen LogP contribution in [0.4, 0.5) is 5.69 Å². The molecule has 0 heterocycles. The minimum Gasteiger partial charge on any atom is -0.362 e. The molecule has 0 radical (unpaired) electrons. The van der Waals surface area contributed by atoms with Gasteiger partial charge in [0.1, 0.15) is 0 Å². The number of rotatable bonds is 6. The molecular weight excluding hydrogens is 250 g/mol. The summed E-state index contributed by atoms with van der Waals surface area (Å²) < 4.78 is 0. The molecule has 1 amide bonds. The van der Waals surface area contributed by atoms with E-state index in [4.69, 9.17) is 5.73 Å². The van der Waals surface area contributed by atoms with E-state index in [1.165, 1.54) is 5.56 Å². The average molecular weight is 277 g/mol. The first-order chi connectivity index (χ1) is 9.31. The summed E-state index contributed by atoms with van der Waals surface area (Å²) in [5.74, 6) is 0.0371. The molecule has 0 fully saturated rings. The van der Waals surface area contributed by atoms with E-state index < -0.39 is 0 Å². The molecule has 112 valence electrons. The van der Waals surface area contributed by atoms with Gasteiger partial charge in [0, 0.05) is 17.8 Å². The normalized spacial score (nSPS) is 11.2. The third kappa shape index (κ3) is 6.06. The first-order valence-electron chi connectivity index (χ1n) is 7.14. The summed E-state index contributed by atoms with van der Waals surface area (Å²) in [4.78, 5) is 14.2. The van der Waals surface area contributed by atoms with Crippen molar-refractivity contribution in [3.05, 3.63) is 29.8 Å². The molecule has 0 aromatic heterocycles.